The fourth-order valence-corrected chi connectivity index (χ4v) is 1.18. The first kappa shape index (κ1) is 10.4. The van der Waals surface area contributed by atoms with E-state index in [2.05, 4.69) is 4.98 Å². The number of carboxylic acids is 2. The molecule has 0 aliphatic heterocycles. The van der Waals surface area contributed by atoms with Crippen molar-refractivity contribution in [2.24, 2.45) is 0 Å². The molecule has 0 bridgehead atoms. The van der Waals surface area contributed by atoms with E-state index >= 15 is 0 Å². The van der Waals surface area contributed by atoms with E-state index in [-0.39, 0.29) is 23.2 Å². The second-order valence-electron chi connectivity index (χ2n) is 3.47. The van der Waals surface area contributed by atoms with Crippen molar-refractivity contribution < 1.29 is 24.5 Å². The number of nitrogens with zero attached hydrogens (tertiary/aromatic N) is 1. The smallest absolute Gasteiger partial charge is 0.358 e. The quantitative estimate of drug-likeness (QED) is 0.790. The van der Waals surface area contributed by atoms with E-state index < -0.39 is 11.9 Å². The summed E-state index contributed by atoms with van der Waals surface area (Å²) in [4.78, 5) is 25.0. The van der Waals surface area contributed by atoms with Crippen LogP contribution in [0.3, 0.4) is 0 Å². The maximum Gasteiger partial charge on any atom is 0.358 e. The van der Waals surface area contributed by atoms with Gasteiger partial charge in [-0.1, -0.05) is 0 Å². The lowest BCUT2D eigenvalue weighted by Gasteiger charge is -2.07. The zero-order valence-electron chi connectivity index (χ0n) is 8.21. The third kappa shape index (κ3) is 2.10. The van der Waals surface area contributed by atoms with Crippen LogP contribution in [0.5, 0.6) is 5.75 Å². The molecule has 1 aromatic heterocycles. The number of hydrogen-bond donors (Lipinski definition) is 2. The Morgan fingerprint density at radius 1 is 1.25 bits per heavy atom. The van der Waals surface area contributed by atoms with E-state index in [1.807, 2.05) is 0 Å². The van der Waals surface area contributed by atoms with Crippen molar-refractivity contribution >= 4 is 11.9 Å². The lowest BCUT2D eigenvalue weighted by atomic mass is 10.2. The van der Waals surface area contributed by atoms with E-state index in [1.54, 1.807) is 0 Å². The second kappa shape index (κ2) is 3.80. The summed E-state index contributed by atoms with van der Waals surface area (Å²) in [7, 11) is 0. The highest BCUT2D eigenvalue weighted by Gasteiger charge is 2.26. The lowest BCUT2D eigenvalue weighted by molar-refractivity contribution is 0.0681. The largest absolute Gasteiger partial charge is 0.488 e. The van der Waals surface area contributed by atoms with Crippen LogP contribution >= 0.6 is 0 Å². The molecule has 2 N–H and O–H groups in total. The second-order valence-corrected chi connectivity index (χ2v) is 3.47. The van der Waals surface area contributed by atoms with Crippen molar-refractivity contribution in [1.29, 1.82) is 0 Å². The summed E-state index contributed by atoms with van der Waals surface area (Å²) in [5.74, 6) is -2.43. The highest BCUT2D eigenvalue weighted by atomic mass is 16.5. The highest BCUT2D eigenvalue weighted by molar-refractivity contribution is 5.92. The molecule has 16 heavy (non-hydrogen) atoms. The standard InChI is InChI=1S/C10H9NO5/c12-9(13)6-3-4-7(16-5-1-2-5)8(11-6)10(14)15/h3-5H,1-2H2,(H,12,13)(H,14,15). The van der Waals surface area contributed by atoms with Crippen molar-refractivity contribution in [3.05, 3.63) is 23.5 Å². The molecule has 0 spiro atoms. The molecule has 0 atom stereocenters. The van der Waals surface area contributed by atoms with Gasteiger partial charge in [-0.25, -0.2) is 14.6 Å². The third-order valence-corrected chi connectivity index (χ3v) is 2.10. The molecule has 0 radical (unpaired) electrons. The molecule has 84 valence electrons. The van der Waals surface area contributed by atoms with Gasteiger partial charge in [-0.3, -0.25) is 0 Å². The average Bonchev–Trinajstić information content (AvgIpc) is 3.01. The number of aromatic carboxylic acids is 2. The van der Waals surface area contributed by atoms with Crippen molar-refractivity contribution in [3.63, 3.8) is 0 Å². The van der Waals surface area contributed by atoms with Crippen LogP contribution in [0.25, 0.3) is 0 Å². The van der Waals surface area contributed by atoms with Crippen molar-refractivity contribution in [1.82, 2.24) is 4.98 Å². The monoisotopic (exact) mass is 223 g/mol. The summed E-state index contributed by atoms with van der Waals surface area (Å²) < 4.78 is 5.32. The number of ether oxygens (including phenoxy) is 1. The van der Waals surface area contributed by atoms with Gasteiger partial charge in [-0.05, 0) is 25.0 Å². The molecule has 1 aliphatic rings. The molecule has 0 amide bonds. The van der Waals surface area contributed by atoms with Gasteiger partial charge in [0.2, 0.25) is 0 Å². The van der Waals surface area contributed by atoms with E-state index in [1.165, 1.54) is 12.1 Å². The van der Waals surface area contributed by atoms with Crippen LogP contribution < -0.4 is 4.74 Å². The van der Waals surface area contributed by atoms with Gasteiger partial charge in [0.15, 0.2) is 11.4 Å². The van der Waals surface area contributed by atoms with Crippen molar-refractivity contribution in [3.8, 4) is 5.75 Å². The summed E-state index contributed by atoms with van der Waals surface area (Å²) in [6.07, 6.45) is 1.81. The van der Waals surface area contributed by atoms with Crippen LogP contribution in [0.15, 0.2) is 12.1 Å². The van der Waals surface area contributed by atoms with E-state index in [0.717, 1.165) is 12.8 Å². The van der Waals surface area contributed by atoms with Gasteiger partial charge in [-0.2, -0.15) is 0 Å². The van der Waals surface area contributed by atoms with Crippen molar-refractivity contribution in [2.45, 2.75) is 18.9 Å². The number of rotatable bonds is 4. The Morgan fingerprint density at radius 3 is 2.44 bits per heavy atom. The summed E-state index contributed by atoms with van der Waals surface area (Å²) in [6, 6.07) is 2.56. The molecule has 0 unspecified atom stereocenters. The molecule has 1 fully saturated rings. The van der Waals surface area contributed by atoms with Crippen LogP contribution in [-0.4, -0.2) is 33.2 Å². The zero-order chi connectivity index (χ0) is 11.7. The predicted octanol–water partition coefficient (Wildman–Crippen LogP) is 1.02. The minimum atomic E-state index is -1.29. The Bertz CT molecular complexity index is 453. The van der Waals surface area contributed by atoms with Gasteiger partial charge in [-0.15, -0.1) is 0 Å². The number of carbonyl (C=O) groups is 2. The molecule has 1 heterocycles. The number of aromatic nitrogens is 1. The average molecular weight is 223 g/mol. The van der Waals surface area contributed by atoms with Gasteiger partial charge in [0, 0.05) is 0 Å². The molecule has 6 heteroatoms. The molecule has 1 saturated carbocycles. The van der Waals surface area contributed by atoms with Crippen LogP contribution in [0, 0.1) is 0 Å². The van der Waals surface area contributed by atoms with Gasteiger partial charge < -0.3 is 14.9 Å². The molecular formula is C10H9NO5. The van der Waals surface area contributed by atoms with Crippen LogP contribution in [-0.2, 0) is 0 Å². The minimum absolute atomic E-state index is 0.0376. The van der Waals surface area contributed by atoms with Gasteiger partial charge in [0.05, 0.1) is 6.10 Å². The summed E-state index contributed by atoms with van der Waals surface area (Å²) in [5.41, 5.74) is -0.660. The summed E-state index contributed by atoms with van der Waals surface area (Å²) >= 11 is 0. The van der Waals surface area contributed by atoms with Gasteiger partial charge >= 0.3 is 11.9 Å². The molecule has 2 rings (SSSR count). The lowest BCUT2D eigenvalue weighted by Crippen LogP contribution is -2.10. The number of pyridine rings is 1. The molecule has 1 aromatic rings. The Morgan fingerprint density at radius 2 is 1.94 bits per heavy atom. The molecule has 0 aromatic carbocycles. The maximum atomic E-state index is 10.9. The molecule has 1 aliphatic carbocycles. The third-order valence-electron chi connectivity index (χ3n) is 2.10. The zero-order valence-corrected chi connectivity index (χ0v) is 8.21. The first-order chi connectivity index (χ1) is 7.58. The normalized spacial score (nSPS) is 14.5. The maximum absolute atomic E-state index is 10.9. The van der Waals surface area contributed by atoms with Crippen LogP contribution in [0.1, 0.15) is 33.8 Å². The number of hydrogen-bond acceptors (Lipinski definition) is 4. The SMILES string of the molecule is O=C(O)c1ccc(OC2CC2)c(C(=O)O)n1. The van der Waals surface area contributed by atoms with Crippen LogP contribution in [0.4, 0.5) is 0 Å². The summed E-state index contributed by atoms with van der Waals surface area (Å²) in [5, 5.41) is 17.5. The Labute approximate surface area is 90.5 Å². The molecule has 6 nitrogen and oxygen atoms in total. The predicted molar refractivity (Wildman–Crippen MR) is 51.8 cm³/mol. The Balaban J connectivity index is 2.35. The number of carboxylic acid groups (broad SMARTS) is 2. The van der Waals surface area contributed by atoms with Gasteiger partial charge in [0.1, 0.15) is 5.69 Å². The first-order valence-corrected chi connectivity index (χ1v) is 4.72. The molecular weight excluding hydrogens is 214 g/mol. The fraction of sp³-hybridized carbons (Fsp3) is 0.300. The Hall–Kier alpha value is -2.11. The topological polar surface area (TPSA) is 96.7 Å². The van der Waals surface area contributed by atoms with Gasteiger partial charge in [0.25, 0.3) is 0 Å². The van der Waals surface area contributed by atoms with Crippen molar-refractivity contribution in [2.75, 3.05) is 0 Å². The minimum Gasteiger partial charge on any atom is -0.488 e. The van der Waals surface area contributed by atoms with E-state index in [4.69, 9.17) is 14.9 Å². The Kier molecular flexibility index (Phi) is 2.47. The fourth-order valence-electron chi connectivity index (χ4n) is 1.18. The van der Waals surface area contributed by atoms with Crippen LogP contribution in [0.2, 0.25) is 0 Å². The molecule has 0 saturated heterocycles. The highest BCUT2D eigenvalue weighted by Crippen LogP contribution is 2.28. The first-order valence-electron chi connectivity index (χ1n) is 4.72. The van der Waals surface area contributed by atoms with E-state index in [0.29, 0.717) is 0 Å². The summed E-state index contributed by atoms with van der Waals surface area (Å²) in [6.45, 7) is 0. The van der Waals surface area contributed by atoms with E-state index in [9.17, 15) is 9.59 Å².